The van der Waals surface area contributed by atoms with Gasteiger partial charge >= 0.3 is 12.0 Å². The van der Waals surface area contributed by atoms with Crippen molar-refractivity contribution in [2.45, 2.75) is 6.54 Å². The highest BCUT2D eigenvalue weighted by Crippen LogP contribution is 2.28. The van der Waals surface area contributed by atoms with Crippen LogP contribution in [0.5, 0.6) is 5.75 Å². The Morgan fingerprint density at radius 1 is 1.29 bits per heavy atom. The van der Waals surface area contributed by atoms with E-state index >= 15 is 0 Å². The van der Waals surface area contributed by atoms with E-state index in [1.54, 1.807) is 12.1 Å². The Balaban J connectivity index is 1.83. The van der Waals surface area contributed by atoms with Gasteiger partial charge < -0.3 is 24.1 Å². The van der Waals surface area contributed by atoms with Gasteiger partial charge in [-0.25, -0.2) is 9.59 Å². The van der Waals surface area contributed by atoms with Crippen molar-refractivity contribution in [2.75, 3.05) is 32.7 Å². The zero-order chi connectivity index (χ0) is 22.5. The molecule has 0 atom stereocenters. The van der Waals surface area contributed by atoms with Crippen molar-refractivity contribution in [3.05, 3.63) is 53.1 Å². The summed E-state index contributed by atoms with van der Waals surface area (Å²) < 4.78 is 15.5. The monoisotopic (exact) mass is 423 g/mol. The molecule has 1 aliphatic rings. The van der Waals surface area contributed by atoms with Crippen molar-refractivity contribution >= 4 is 29.7 Å². The van der Waals surface area contributed by atoms with Gasteiger partial charge in [0.25, 0.3) is 5.91 Å². The van der Waals surface area contributed by atoms with Crippen LogP contribution in [0.1, 0.15) is 21.9 Å². The maximum absolute atomic E-state index is 12.8. The smallest absolute Gasteiger partial charge is 0.373 e. The first-order valence-electron chi connectivity index (χ1n) is 9.23. The van der Waals surface area contributed by atoms with E-state index < -0.39 is 17.9 Å². The molecule has 1 aliphatic heterocycles. The SMILES string of the molecule is C#CCOc1cc(N(C)C)ccc1C=C1NC(=O)N(Cc2ccc(C(=O)OC)o2)C1=O. The van der Waals surface area contributed by atoms with E-state index in [1.807, 2.05) is 25.1 Å². The molecule has 0 radical (unpaired) electrons. The van der Waals surface area contributed by atoms with Crippen molar-refractivity contribution in [3.63, 3.8) is 0 Å². The molecule has 31 heavy (non-hydrogen) atoms. The van der Waals surface area contributed by atoms with Gasteiger partial charge in [-0.1, -0.05) is 5.92 Å². The number of ether oxygens (including phenoxy) is 2. The second-order valence-electron chi connectivity index (χ2n) is 6.75. The number of benzene rings is 1. The average molecular weight is 423 g/mol. The molecule has 160 valence electrons. The summed E-state index contributed by atoms with van der Waals surface area (Å²) in [5, 5.41) is 2.54. The third kappa shape index (κ3) is 4.70. The summed E-state index contributed by atoms with van der Waals surface area (Å²) in [5.74, 6) is 1.94. The standard InChI is InChI=1S/C22H21N3O6/c1-5-10-30-19-12-15(24(2)3)7-6-14(19)11-17-20(26)25(22(28)23-17)13-16-8-9-18(31-16)21(27)29-4/h1,6-9,11-12H,10,13H2,2-4H3,(H,23,28). The van der Waals surface area contributed by atoms with Gasteiger partial charge in [0.15, 0.2) is 0 Å². The molecule has 0 bridgehead atoms. The second kappa shape index (κ2) is 9.09. The van der Waals surface area contributed by atoms with Crippen LogP contribution < -0.4 is 15.0 Å². The first kappa shape index (κ1) is 21.5. The number of carbonyl (C=O) groups is 3. The fourth-order valence-electron chi connectivity index (χ4n) is 2.86. The first-order chi connectivity index (χ1) is 14.8. The van der Waals surface area contributed by atoms with Crippen LogP contribution in [-0.2, 0) is 16.1 Å². The highest BCUT2D eigenvalue weighted by atomic mass is 16.5. The van der Waals surface area contributed by atoms with Gasteiger partial charge in [0.05, 0.1) is 13.7 Å². The van der Waals surface area contributed by atoms with Gasteiger partial charge in [0.2, 0.25) is 5.76 Å². The van der Waals surface area contributed by atoms with E-state index in [0.29, 0.717) is 11.3 Å². The molecular weight excluding hydrogens is 402 g/mol. The fourth-order valence-corrected chi connectivity index (χ4v) is 2.86. The van der Waals surface area contributed by atoms with Gasteiger partial charge in [-0.15, -0.1) is 6.42 Å². The minimum atomic E-state index is -0.648. The lowest BCUT2D eigenvalue weighted by Crippen LogP contribution is -2.30. The number of nitrogens with zero attached hydrogens (tertiary/aromatic N) is 2. The highest BCUT2D eigenvalue weighted by Gasteiger charge is 2.34. The first-order valence-corrected chi connectivity index (χ1v) is 9.23. The number of anilines is 1. The molecule has 9 heteroatoms. The van der Waals surface area contributed by atoms with Crippen LogP contribution in [0.4, 0.5) is 10.5 Å². The zero-order valence-corrected chi connectivity index (χ0v) is 17.3. The lowest BCUT2D eigenvalue weighted by Gasteiger charge is -2.15. The van der Waals surface area contributed by atoms with Gasteiger partial charge in [-0.3, -0.25) is 9.69 Å². The number of amides is 3. The van der Waals surface area contributed by atoms with Crippen LogP contribution >= 0.6 is 0 Å². The van der Waals surface area contributed by atoms with Crippen LogP contribution in [0.15, 0.2) is 40.4 Å². The van der Waals surface area contributed by atoms with Gasteiger partial charge in [-0.2, -0.15) is 0 Å². The summed E-state index contributed by atoms with van der Waals surface area (Å²) >= 11 is 0. The third-order valence-electron chi connectivity index (χ3n) is 4.45. The average Bonchev–Trinajstić information content (AvgIpc) is 3.32. The number of esters is 1. The molecule has 3 amide bonds. The maximum Gasteiger partial charge on any atom is 0.373 e. The number of furan rings is 1. The number of nitrogens with one attached hydrogen (secondary N) is 1. The summed E-state index contributed by atoms with van der Waals surface area (Å²) in [4.78, 5) is 39.5. The van der Waals surface area contributed by atoms with Crippen LogP contribution in [0.25, 0.3) is 6.08 Å². The number of rotatable bonds is 7. The maximum atomic E-state index is 12.8. The normalized spacial score (nSPS) is 14.4. The molecular formula is C22H21N3O6. The van der Waals surface area contributed by atoms with Gasteiger partial charge in [0, 0.05) is 31.4 Å². The van der Waals surface area contributed by atoms with Gasteiger partial charge in [0.1, 0.15) is 23.8 Å². The molecule has 0 unspecified atom stereocenters. The van der Waals surface area contributed by atoms with Crippen LogP contribution in [0, 0.1) is 12.3 Å². The summed E-state index contributed by atoms with van der Waals surface area (Å²) in [6.07, 6.45) is 6.81. The number of urea groups is 1. The topological polar surface area (TPSA) is 101 Å². The molecule has 0 aliphatic carbocycles. The molecule has 1 aromatic carbocycles. The summed E-state index contributed by atoms with van der Waals surface area (Å²) in [5.41, 5.74) is 1.54. The van der Waals surface area contributed by atoms with Crippen LogP contribution in [0.2, 0.25) is 0 Å². The minimum absolute atomic E-state index is 0.0170. The number of imide groups is 1. The highest BCUT2D eigenvalue weighted by molar-refractivity contribution is 6.14. The largest absolute Gasteiger partial charge is 0.480 e. The van der Waals surface area contributed by atoms with Crippen LogP contribution in [0.3, 0.4) is 0 Å². The van der Waals surface area contributed by atoms with E-state index in [4.69, 9.17) is 15.6 Å². The van der Waals surface area contributed by atoms with Crippen molar-refractivity contribution in [2.24, 2.45) is 0 Å². The molecule has 1 aromatic heterocycles. The fraction of sp³-hybridized carbons (Fsp3) is 0.227. The van der Waals surface area contributed by atoms with Crippen molar-refractivity contribution in [3.8, 4) is 18.1 Å². The van der Waals surface area contributed by atoms with E-state index in [0.717, 1.165) is 10.6 Å². The number of hydrogen-bond donors (Lipinski definition) is 1. The van der Waals surface area contributed by atoms with E-state index in [9.17, 15) is 14.4 Å². The predicted octanol–water partition coefficient (Wildman–Crippen LogP) is 2.24. The van der Waals surface area contributed by atoms with Crippen LogP contribution in [-0.4, -0.2) is 50.6 Å². The molecule has 0 spiro atoms. The van der Waals surface area contributed by atoms with E-state index in [-0.39, 0.29) is 30.4 Å². The Hall–Kier alpha value is -4.19. The molecule has 1 saturated heterocycles. The molecule has 2 heterocycles. The second-order valence-corrected chi connectivity index (χ2v) is 6.75. The molecule has 1 N–H and O–H groups in total. The Morgan fingerprint density at radius 2 is 2.06 bits per heavy atom. The molecule has 0 saturated carbocycles. The van der Waals surface area contributed by atoms with E-state index in [2.05, 4.69) is 16.0 Å². The zero-order valence-electron chi connectivity index (χ0n) is 17.3. The number of hydrogen-bond acceptors (Lipinski definition) is 7. The van der Waals surface area contributed by atoms with Crippen molar-refractivity contribution in [1.29, 1.82) is 0 Å². The molecule has 2 aromatic rings. The Bertz CT molecular complexity index is 1090. The predicted molar refractivity (Wildman–Crippen MR) is 112 cm³/mol. The minimum Gasteiger partial charge on any atom is -0.480 e. The summed E-state index contributed by atoms with van der Waals surface area (Å²) in [6, 6.07) is 7.72. The number of terminal acetylenes is 1. The lowest BCUT2D eigenvalue weighted by atomic mass is 10.1. The number of methoxy groups -OCH3 is 1. The van der Waals surface area contributed by atoms with Gasteiger partial charge in [-0.05, 0) is 30.3 Å². The third-order valence-corrected chi connectivity index (χ3v) is 4.45. The Labute approximate surface area is 179 Å². The summed E-state index contributed by atoms with van der Waals surface area (Å²) in [6.45, 7) is -0.0838. The molecule has 9 nitrogen and oxygen atoms in total. The Kier molecular flexibility index (Phi) is 6.31. The quantitative estimate of drug-likeness (QED) is 0.315. The van der Waals surface area contributed by atoms with Crippen molar-refractivity contribution < 1.29 is 28.3 Å². The van der Waals surface area contributed by atoms with E-state index in [1.165, 1.54) is 25.3 Å². The molecule has 1 fully saturated rings. The summed E-state index contributed by atoms with van der Waals surface area (Å²) in [7, 11) is 5.00. The number of carbonyl (C=O) groups excluding carboxylic acids is 3. The lowest BCUT2D eigenvalue weighted by molar-refractivity contribution is -0.123. The van der Waals surface area contributed by atoms with Crippen molar-refractivity contribution in [1.82, 2.24) is 10.2 Å². The Morgan fingerprint density at radius 3 is 2.74 bits per heavy atom. The molecule has 3 rings (SSSR count).